The second kappa shape index (κ2) is 7.47. The van der Waals surface area contributed by atoms with E-state index in [9.17, 15) is 13.2 Å². The number of sulfonamides is 1. The van der Waals surface area contributed by atoms with E-state index in [0.717, 1.165) is 27.5 Å². The number of anilines is 2. The van der Waals surface area contributed by atoms with Crippen LogP contribution in [0.3, 0.4) is 0 Å². The number of nitrogens with one attached hydrogen (secondary N) is 2. The maximum atomic E-state index is 12.2. The van der Waals surface area contributed by atoms with Crippen LogP contribution in [0, 0.1) is 20.8 Å². The first-order chi connectivity index (χ1) is 11.7. The number of para-hydroxylation sites is 1. The van der Waals surface area contributed by atoms with Gasteiger partial charge < -0.3 is 0 Å². The summed E-state index contributed by atoms with van der Waals surface area (Å²) in [6.45, 7) is 5.05. The molecule has 2 aromatic rings. The van der Waals surface area contributed by atoms with Crippen LogP contribution in [0.2, 0.25) is 0 Å². The van der Waals surface area contributed by atoms with Crippen molar-refractivity contribution in [1.82, 2.24) is 15.4 Å². The van der Waals surface area contributed by atoms with E-state index in [1.807, 2.05) is 13.8 Å². The first-order valence-corrected chi connectivity index (χ1v) is 9.42. The second-order valence-electron chi connectivity index (χ2n) is 5.70. The zero-order valence-electron chi connectivity index (χ0n) is 14.6. The zero-order valence-corrected chi connectivity index (χ0v) is 15.4. The highest BCUT2D eigenvalue weighted by Crippen LogP contribution is 2.21. The number of amides is 1. The Labute approximate surface area is 147 Å². The summed E-state index contributed by atoms with van der Waals surface area (Å²) in [4.78, 5) is 20.5. The fourth-order valence-electron chi connectivity index (χ4n) is 2.30. The molecule has 9 heteroatoms. The van der Waals surface area contributed by atoms with Crippen molar-refractivity contribution < 1.29 is 13.2 Å². The summed E-state index contributed by atoms with van der Waals surface area (Å²) < 4.78 is 25.2. The maximum absolute atomic E-state index is 12.2. The summed E-state index contributed by atoms with van der Waals surface area (Å²) in [5.41, 5.74) is 7.75. The van der Waals surface area contributed by atoms with Gasteiger partial charge in [-0.1, -0.05) is 18.2 Å². The number of carbonyl (C=O) groups excluding carboxylic acids is 1. The van der Waals surface area contributed by atoms with Crippen LogP contribution in [0.15, 0.2) is 30.3 Å². The molecule has 0 aliphatic carbocycles. The number of aryl methyl sites for hydroxylation is 3. The Hall–Kier alpha value is -2.68. The van der Waals surface area contributed by atoms with Crippen LogP contribution in [0.4, 0.5) is 11.6 Å². The average Bonchev–Trinajstić information content (AvgIpc) is 2.49. The molecule has 2 N–H and O–H groups in total. The van der Waals surface area contributed by atoms with Crippen molar-refractivity contribution in [2.75, 3.05) is 22.5 Å². The normalized spacial score (nSPS) is 11.0. The lowest BCUT2D eigenvalue weighted by atomic mass is 10.2. The average molecular weight is 363 g/mol. The number of hydrogen-bond acceptors (Lipinski definition) is 6. The molecule has 25 heavy (non-hydrogen) atoms. The summed E-state index contributed by atoms with van der Waals surface area (Å²) in [5, 5.41) is 0. The summed E-state index contributed by atoms with van der Waals surface area (Å²) >= 11 is 0. The van der Waals surface area contributed by atoms with Gasteiger partial charge in [0.05, 0.1) is 11.9 Å². The highest BCUT2D eigenvalue weighted by molar-refractivity contribution is 7.92. The first-order valence-electron chi connectivity index (χ1n) is 7.57. The summed E-state index contributed by atoms with van der Waals surface area (Å²) in [5.74, 6) is -0.288. The monoisotopic (exact) mass is 363 g/mol. The molecule has 0 unspecified atom stereocenters. The third-order valence-corrected chi connectivity index (χ3v) is 4.49. The highest BCUT2D eigenvalue weighted by atomic mass is 32.2. The van der Waals surface area contributed by atoms with Gasteiger partial charge in [0.1, 0.15) is 6.54 Å². The molecule has 1 aromatic carbocycles. The Bertz CT molecular complexity index is 863. The molecule has 0 aliphatic heterocycles. The molecule has 1 heterocycles. The Kier molecular flexibility index (Phi) is 5.58. The number of aromatic nitrogens is 2. The van der Waals surface area contributed by atoms with Gasteiger partial charge in [-0.2, -0.15) is 0 Å². The van der Waals surface area contributed by atoms with E-state index in [-0.39, 0.29) is 12.5 Å². The molecule has 0 saturated heterocycles. The quantitative estimate of drug-likeness (QED) is 0.750. The molecular weight excluding hydrogens is 342 g/mol. The lowest BCUT2D eigenvalue weighted by Gasteiger charge is -2.23. The van der Waals surface area contributed by atoms with E-state index >= 15 is 0 Å². The standard InChI is InChI=1S/C16H21N5O3S/c1-11-7-5-6-8-14(11)21(25(4,23)24)10-15(22)19-20-16-17-12(2)9-13(3)18-16/h5-9H,10H2,1-4H3,(H,19,22)(H,17,18,20). The Morgan fingerprint density at radius 1 is 1.12 bits per heavy atom. The van der Waals surface area contributed by atoms with Crippen LogP contribution in [0.1, 0.15) is 17.0 Å². The van der Waals surface area contributed by atoms with Crippen LogP contribution >= 0.6 is 0 Å². The summed E-state index contributed by atoms with van der Waals surface area (Å²) in [6, 6.07) is 8.77. The predicted molar refractivity (Wildman–Crippen MR) is 96.6 cm³/mol. The number of hydrazine groups is 1. The number of carbonyl (C=O) groups is 1. The number of hydrogen-bond donors (Lipinski definition) is 2. The zero-order chi connectivity index (χ0) is 18.6. The smallest absolute Gasteiger partial charge is 0.259 e. The van der Waals surface area contributed by atoms with E-state index in [0.29, 0.717) is 5.69 Å². The van der Waals surface area contributed by atoms with Crippen molar-refractivity contribution >= 4 is 27.6 Å². The van der Waals surface area contributed by atoms with Crippen LogP contribution in [-0.4, -0.2) is 37.1 Å². The first kappa shape index (κ1) is 18.7. The van der Waals surface area contributed by atoms with Gasteiger partial charge in [-0.15, -0.1) is 0 Å². The van der Waals surface area contributed by atoms with E-state index < -0.39 is 15.9 Å². The van der Waals surface area contributed by atoms with Crippen molar-refractivity contribution in [3.05, 3.63) is 47.3 Å². The molecule has 0 saturated carbocycles. The third kappa shape index (κ3) is 5.15. The van der Waals surface area contributed by atoms with Crippen molar-refractivity contribution in [2.45, 2.75) is 20.8 Å². The van der Waals surface area contributed by atoms with E-state index in [1.165, 1.54) is 0 Å². The highest BCUT2D eigenvalue weighted by Gasteiger charge is 2.22. The van der Waals surface area contributed by atoms with E-state index in [1.54, 1.807) is 37.3 Å². The molecule has 0 radical (unpaired) electrons. The SMILES string of the molecule is Cc1cc(C)nc(NNC(=O)CN(c2ccccc2C)S(C)(=O)=O)n1. The number of rotatable bonds is 6. The Morgan fingerprint density at radius 3 is 2.28 bits per heavy atom. The molecular formula is C16H21N5O3S. The van der Waals surface area contributed by atoms with Crippen LogP contribution < -0.4 is 15.2 Å². The van der Waals surface area contributed by atoms with Crippen LogP contribution in [0.25, 0.3) is 0 Å². The Balaban J connectivity index is 2.11. The van der Waals surface area contributed by atoms with Gasteiger partial charge in [-0.05, 0) is 38.5 Å². The van der Waals surface area contributed by atoms with Gasteiger partial charge in [-0.25, -0.2) is 18.4 Å². The fraction of sp³-hybridized carbons (Fsp3) is 0.312. The lowest BCUT2D eigenvalue weighted by Crippen LogP contribution is -2.42. The van der Waals surface area contributed by atoms with Gasteiger partial charge in [0, 0.05) is 11.4 Å². The minimum Gasteiger partial charge on any atom is -0.271 e. The van der Waals surface area contributed by atoms with Crippen LogP contribution in [0.5, 0.6) is 0 Å². The van der Waals surface area contributed by atoms with Gasteiger partial charge in [-0.3, -0.25) is 20.0 Å². The number of nitrogens with zero attached hydrogens (tertiary/aromatic N) is 3. The predicted octanol–water partition coefficient (Wildman–Crippen LogP) is 1.31. The second-order valence-corrected chi connectivity index (χ2v) is 7.61. The van der Waals surface area contributed by atoms with Crippen LogP contribution in [-0.2, 0) is 14.8 Å². The third-order valence-electron chi connectivity index (χ3n) is 3.37. The molecule has 0 spiro atoms. The molecule has 1 amide bonds. The van der Waals surface area contributed by atoms with E-state index in [4.69, 9.17) is 0 Å². The van der Waals surface area contributed by atoms with Crippen molar-refractivity contribution in [1.29, 1.82) is 0 Å². The number of benzene rings is 1. The molecule has 0 aliphatic rings. The van der Waals surface area contributed by atoms with Crippen molar-refractivity contribution in [2.24, 2.45) is 0 Å². The molecule has 134 valence electrons. The van der Waals surface area contributed by atoms with Gasteiger partial charge in [0.25, 0.3) is 5.91 Å². The fourth-order valence-corrected chi connectivity index (χ4v) is 3.22. The molecule has 0 fully saturated rings. The maximum Gasteiger partial charge on any atom is 0.259 e. The summed E-state index contributed by atoms with van der Waals surface area (Å²) in [7, 11) is -3.62. The molecule has 1 aromatic heterocycles. The van der Waals surface area contributed by atoms with Crippen molar-refractivity contribution in [3.8, 4) is 0 Å². The van der Waals surface area contributed by atoms with E-state index in [2.05, 4.69) is 20.8 Å². The molecule has 0 atom stereocenters. The molecule has 2 rings (SSSR count). The minimum atomic E-state index is -3.62. The minimum absolute atomic E-state index is 0.243. The van der Waals surface area contributed by atoms with Gasteiger partial charge >= 0.3 is 0 Å². The van der Waals surface area contributed by atoms with Crippen molar-refractivity contribution in [3.63, 3.8) is 0 Å². The van der Waals surface area contributed by atoms with Gasteiger partial charge in [0.15, 0.2) is 0 Å². The summed E-state index contributed by atoms with van der Waals surface area (Å²) in [6.07, 6.45) is 1.06. The largest absolute Gasteiger partial charge is 0.271 e. The Morgan fingerprint density at radius 2 is 1.72 bits per heavy atom. The molecule has 8 nitrogen and oxygen atoms in total. The van der Waals surface area contributed by atoms with Gasteiger partial charge in [0.2, 0.25) is 16.0 Å². The topological polar surface area (TPSA) is 104 Å². The molecule has 0 bridgehead atoms. The lowest BCUT2D eigenvalue weighted by molar-refractivity contribution is -0.119.